The maximum Gasteiger partial charge on any atom is 0.223 e. The third kappa shape index (κ3) is 3.35. The van der Waals surface area contributed by atoms with Gasteiger partial charge in [0, 0.05) is 44.5 Å². The molecule has 1 amide bonds. The number of rotatable bonds is 5. The van der Waals surface area contributed by atoms with Gasteiger partial charge in [0.25, 0.3) is 0 Å². The number of fused-ring (bicyclic) bond motifs is 1. The van der Waals surface area contributed by atoms with E-state index in [0.717, 1.165) is 41.3 Å². The molecule has 6 heteroatoms. The highest BCUT2D eigenvalue weighted by atomic mass is 35.5. The number of benzene rings is 1. The van der Waals surface area contributed by atoms with Crippen LogP contribution in [0.1, 0.15) is 37.8 Å². The number of nitrogens with zero attached hydrogens (tertiary/aromatic N) is 4. The van der Waals surface area contributed by atoms with Gasteiger partial charge >= 0.3 is 0 Å². The average molecular weight is 375 g/mol. The normalized spacial score (nSPS) is 21.6. The van der Waals surface area contributed by atoms with Crippen LogP contribution in [0.2, 0.25) is 5.02 Å². The number of carbonyl (C=O) groups excluding carboxylic acids is 1. The second-order valence-corrected chi connectivity index (χ2v) is 8.36. The lowest BCUT2D eigenvalue weighted by atomic mass is 10.1. The average Bonchev–Trinajstić information content (AvgIpc) is 3.29. The Bertz CT molecular complexity index is 811. The molecule has 4 rings (SSSR count). The molecule has 0 bridgehead atoms. The molecular formula is C20H27ClN4O. The molecule has 2 aliphatic rings. The van der Waals surface area contributed by atoms with Crippen LogP contribution in [-0.4, -0.2) is 51.7 Å². The van der Waals surface area contributed by atoms with Gasteiger partial charge < -0.3 is 9.80 Å². The van der Waals surface area contributed by atoms with Crippen LogP contribution >= 0.6 is 11.6 Å². The highest BCUT2D eigenvalue weighted by molar-refractivity contribution is 6.35. The van der Waals surface area contributed by atoms with Gasteiger partial charge in [-0.3, -0.25) is 9.48 Å². The predicted molar refractivity (Wildman–Crippen MR) is 104 cm³/mol. The first-order valence-corrected chi connectivity index (χ1v) is 9.99. The summed E-state index contributed by atoms with van der Waals surface area (Å²) in [6.45, 7) is 2.57. The fourth-order valence-corrected chi connectivity index (χ4v) is 5.00. The lowest BCUT2D eigenvalue weighted by Crippen LogP contribution is -2.35. The smallest absolute Gasteiger partial charge is 0.223 e. The maximum absolute atomic E-state index is 12.4. The highest BCUT2D eigenvalue weighted by Crippen LogP contribution is 2.30. The lowest BCUT2D eigenvalue weighted by Gasteiger charge is -2.25. The van der Waals surface area contributed by atoms with Crippen LogP contribution in [0.25, 0.3) is 10.9 Å². The molecule has 2 aromatic rings. The Balaban J connectivity index is 1.42. The number of amides is 1. The quantitative estimate of drug-likeness (QED) is 0.804. The standard InChI is InChI=1S/C20H27ClN4O/c1-23(11-14-10-19(26)25(12-14)15-6-3-4-7-15)13-17-20-16(21)8-5-9-18(20)24(2)22-17/h5,8-9,14-15H,3-4,6-7,10-13H2,1-2H3/t14-/m1/s1. The van der Waals surface area contributed by atoms with Crippen molar-refractivity contribution >= 4 is 28.4 Å². The van der Waals surface area contributed by atoms with Crippen molar-refractivity contribution in [3.8, 4) is 0 Å². The number of likely N-dealkylation sites (tertiary alicyclic amines) is 1. The third-order valence-electron chi connectivity index (χ3n) is 5.89. The number of hydrogen-bond donors (Lipinski definition) is 0. The SMILES string of the molecule is CN(Cc1nn(C)c2cccc(Cl)c12)C[C@H]1CC(=O)N(C2CCCC2)C1. The summed E-state index contributed by atoms with van der Waals surface area (Å²) in [5, 5.41) is 6.46. The second-order valence-electron chi connectivity index (χ2n) is 7.96. The molecule has 1 aromatic carbocycles. The van der Waals surface area contributed by atoms with Crippen LogP contribution in [-0.2, 0) is 18.4 Å². The second kappa shape index (κ2) is 7.20. The van der Waals surface area contributed by atoms with Crippen molar-refractivity contribution in [2.24, 2.45) is 13.0 Å². The van der Waals surface area contributed by atoms with Crippen LogP contribution in [0.3, 0.4) is 0 Å². The van der Waals surface area contributed by atoms with Crippen molar-refractivity contribution < 1.29 is 4.79 Å². The van der Waals surface area contributed by atoms with Crippen LogP contribution in [0.5, 0.6) is 0 Å². The summed E-state index contributed by atoms with van der Waals surface area (Å²) >= 11 is 6.42. The first kappa shape index (κ1) is 17.8. The van der Waals surface area contributed by atoms with Crippen molar-refractivity contribution in [2.45, 2.75) is 44.7 Å². The van der Waals surface area contributed by atoms with Gasteiger partial charge in [-0.15, -0.1) is 0 Å². The van der Waals surface area contributed by atoms with Crippen molar-refractivity contribution in [1.82, 2.24) is 19.6 Å². The molecule has 0 radical (unpaired) electrons. The largest absolute Gasteiger partial charge is 0.339 e. The zero-order valence-electron chi connectivity index (χ0n) is 15.6. The summed E-state index contributed by atoms with van der Waals surface area (Å²) in [7, 11) is 4.07. The van der Waals surface area contributed by atoms with Crippen LogP contribution in [0.15, 0.2) is 18.2 Å². The van der Waals surface area contributed by atoms with E-state index in [4.69, 9.17) is 11.6 Å². The molecule has 26 heavy (non-hydrogen) atoms. The van der Waals surface area contributed by atoms with Gasteiger partial charge in [0.15, 0.2) is 0 Å². The number of carbonyl (C=O) groups is 1. The molecule has 1 aromatic heterocycles. The fourth-order valence-electron chi connectivity index (χ4n) is 4.72. The van der Waals surface area contributed by atoms with Crippen LogP contribution in [0, 0.1) is 5.92 Å². The van der Waals surface area contributed by atoms with E-state index in [9.17, 15) is 4.79 Å². The molecule has 1 aliphatic carbocycles. The van der Waals surface area contributed by atoms with E-state index in [1.165, 1.54) is 25.7 Å². The minimum atomic E-state index is 0.349. The minimum absolute atomic E-state index is 0.349. The molecule has 1 saturated carbocycles. The Kier molecular flexibility index (Phi) is 4.93. The molecule has 1 saturated heterocycles. The lowest BCUT2D eigenvalue weighted by molar-refractivity contribution is -0.129. The highest BCUT2D eigenvalue weighted by Gasteiger charge is 2.35. The zero-order valence-corrected chi connectivity index (χ0v) is 16.4. The van der Waals surface area contributed by atoms with Crippen molar-refractivity contribution in [2.75, 3.05) is 20.1 Å². The Labute approximate surface area is 159 Å². The van der Waals surface area contributed by atoms with Gasteiger partial charge in [0.1, 0.15) is 0 Å². The molecule has 140 valence electrons. The minimum Gasteiger partial charge on any atom is -0.339 e. The Morgan fingerprint density at radius 3 is 2.85 bits per heavy atom. The van der Waals surface area contributed by atoms with Crippen molar-refractivity contribution in [1.29, 1.82) is 0 Å². The monoisotopic (exact) mass is 374 g/mol. The van der Waals surface area contributed by atoms with Gasteiger partial charge in [-0.05, 0) is 37.9 Å². The van der Waals surface area contributed by atoms with E-state index in [2.05, 4.69) is 21.9 Å². The molecule has 0 N–H and O–H groups in total. The summed E-state index contributed by atoms with van der Waals surface area (Å²) in [4.78, 5) is 16.8. The topological polar surface area (TPSA) is 41.4 Å². The molecule has 0 spiro atoms. The van der Waals surface area contributed by atoms with Crippen LogP contribution < -0.4 is 0 Å². The molecule has 1 aliphatic heterocycles. The van der Waals surface area contributed by atoms with Crippen molar-refractivity contribution in [3.05, 3.63) is 28.9 Å². The van der Waals surface area contributed by atoms with Gasteiger partial charge in [0.05, 0.1) is 16.2 Å². The molecule has 0 unspecified atom stereocenters. The zero-order chi connectivity index (χ0) is 18.3. The Morgan fingerprint density at radius 1 is 1.31 bits per heavy atom. The van der Waals surface area contributed by atoms with E-state index in [-0.39, 0.29) is 0 Å². The van der Waals surface area contributed by atoms with E-state index in [1.54, 1.807) is 0 Å². The van der Waals surface area contributed by atoms with E-state index in [0.29, 0.717) is 24.3 Å². The molecule has 2 heterocycles. The first-order chi connectivity index (χ1) is 12.5. The Morgan fingerprint density at radius 2 is 2.08 bits per heavy atom. The Hall–Kier alpha value is -1.59. The maximum atomic E-state index is 12.4. The van der Waals surface area contributed by atoms with Gasteiger partial charge in [0.2, 0.25) is 5.91 Å². The number of halogens is 1. The molecule has 5 nitrogen and oxygen atoms in total. The van der Waals surface area contributed by atoms with Gasteiger partial charge in [-0.25, -0.2) is 0 Å². The molecule has 2 fully saturated rings. The third-order valence-corrected chi connectivity index (χ3v) is 6.21. The van der Waals surface area contributed by atoms with Crippen LogP contribution in [0.4, 0.5) is 0 Å². The summed E-state index contributed by atoms with van der Waals surface area (Å²) < 4.78 is 1.89. The first-order valence-electron chi connectivity index (χ1n) is 9.61. The molecular weight excluding hydrogens is 348 g/mol. The summed E-state index contributed by atoms with van der Waals surface area (Å²) in [5.41, 5.74) is 2.07. The van der Waals surface area contributed by atoms with E-state index in [1.807, 2.05) is 29.9 Å². The van der Waals surface area contributed by atoms with Gasteiger partial charge in [-0.1, -0.05) is 30.5 Å². The number of aromatic nitrogens is 2. The van der Waals surface area contributed by atoms with E-state index >= 15 is 0 Å². The van der Waals surface area contributed by atoms with Crippen molar-refractivity contribution in [3.63, 3.8) is 0 Å². The van der Waals surface area contributed by atoms with E-state index < -0.39 is 0 Å². The number of aryl methyl sites for hydroxylation is 1. The summed E-state index contributed by atoms with van der Waals surface area (Å²) in [6.07, 6.45) is 5.60. The fraction of sp³-hybridized carbons (Fsp3) is 0.600. The summed E-state index contributed by atoms with van der Waals surface area (Å²) in [5.74, 6) is 0.764. The van der Waals surface area contributed by atoms with Gasteiger partial charge in [-0.2, -0.15) is 5.10 Å². The number of hydrogen-bond acceptors (Lipinski definition) is 3. The summed E-state index contributed by atoms with van der Waals surface area (Å²) in [6, 6.07) is 6.43. The molecule has 1 atom stereocenters. The predicted octanol–water partition coefficient (Wildman–Crippen LogP) is 3.45.